The lowest BCUT2D eigenvalue weighted by atomic mass is 9.79. The number of hydrazine groups is 1. The predicted octanol–water partition coefficient (Wildman–Crippen LogP) is 3.16. The Balaban J connectivity index is 1.54. The standard InChI is InChI=1S/C21H21ClN2O4/c22-17-11-5-4-10-16(17)19(26)24-23-18(25)14-28-20(27)21(12-6-7-13-21)15-8-2-1-3-9-15/h1-5,8-11H,6-7,12-14H2,(H,23,25)(H,24,26). The number of benzene rings is 2. The van der Waals surface area contributed by atoms with Gasteiger partial charge < -0.3 is 4.74 Å². The molecular weight excluding hydrogens is 380 g/mol. The molecule has 2 aromatic carbocycles. The normalized spacial score (nSPS) is 14.9. The molecule has 2 aromatic rings. The number of ether oxygens (including phenoxy) is 1. The van der Waals surface area contributed by atoms with Gasteiger partial charge in [-0.25, -0.2) is 0 Å². The van der Waals surface area contributed by atoms with Crippen molar-refractivity contribution in [2.45, 2.75) is 31.1 Å². The average molecular weight is 401 g/mol. The molecule has 6 nitrogen and oxygen atoms in total. The van der Waals surface area contributed by atoms with Crippen LogP contribution in [0.2, 0.25) is 5.02 Å². The van der Waals surface area contributed by atoms with Crippen molar-refractivity contribution in [3.05, 3.63) is 70.7 Å². The number of esters is 1. The fraction of sp³-hybridized carbons (Fsp3) is 0.286. The van der Waals surface area contributed by atoms with Crippen LogP contribution in [0.15, 0.2) is 54.6 Å². The van der Waals surface area contributed by atoms with Gasteiger partial charge in [0.1, 0.15) is 0 Å². The van der Waals surface area contributed by atoms with E-state index in [1.54, 1.807) is 18.2 Å². The summed E-state index contributed by atoms with van der Waals surface area (Å²) in [5, 5.41) is 0.270. The van der Waals surface area contributed by atoms with Gasteiger partial charge in [0, 0.05) is 0 Å². The second-order valence-electron chi connectivity index (χ2n) is 6.71. The molecule has 0 spiro atoms. The van der Waals surface area contributed by atoms with E-state index in [4.69, 9.17) is 16.3 Å². The quantitative estimate of drug-likeness (QED) is 0.596. The smallest absolute Gasteiger partial charge is 0.317 e. The summed E-state index contributed by atoms with van der Waals surface area (Å²) < 4.78 is 5.28. The minimum Gasteiger partial charge on any atom is -0.455 e. The van der Waals surface area contributed by atoms with Crippen LogP contribution in [-0.2, 0) is 19.7 Å². The van der Waals surface area contributed by atoms with Gasteiger partial charge in [-0.2, -0.15) is 0 Å². The first kappa shape index (κ1) is 19.9. The SMILES string of the molecule is O=C(COC(=O)C1(c2ccccc2)CCCC1)NNC(=O)c1ccccc1Cl. The van der Waals surface area contributed by atoms with Crippen molar-refractivity contribution >= 4 is 29.4 Å². The van der Waals surface area contributed by atoms with E-state index in [1.807, 2.05) is 30.3 Å². The minimum absolute atomic E-state index is 0.232. The first-order valence-corrected chi connectivity index (χ1v) is 9.47. The molecule has 1 saturated carbocycles. The Kier molecular flexibility index (Phi) is 6.31. The molecule has 0 unspecified atom stereocenters. The molecule has 0 heterocycles. The van der Waals surface area contributed by atoms with Crippen LogP contribution in [-0.4, -0.2) is 24.4 Å². The van der Waals surface area contributed by atoms with Gasteiger partial charge in [0.2, 0.25) is 0 Å². The van der Waals surface area contributed by atoms with Gasteiger partial charge in [-0.15, -0.1) is 0 Å². The molecule has 0 aromatic heterocycles. The van der Waals surface area contributed by atoms with Crippen LogP contribution in [0.3, 0.4) is 0 Å². The van der Waals surface area contributed by atoms with E-state index in [1.165, 1.54) is 6.07 Å². The Labute approximate surface area is 168 Å². The second kappa shape index (κ2) is 8.89. The summed E-state index contributed by atoms with van der Waals surface area (Å²) in [7, 11) is 0. The first-order valence-electron chi connectivity index (χ1n) is 9.09. The van der Waals surface area contributed by atoms with Gasteiger partial charge in [0.25, 0.3) is 11.8 Å². The van der Waals surface area contributed by atoms with Crippen LogP contribution < -0.4 is 10.9 Å². The summed E-state index contributed by atoms with van der Waals surface area (Å²) >= 11 is 5.94. The molecule has 0 radical (unpaired) electrons. The number of amides is 2. The highest BCUT2D eigenvalue weighted by molar-refractivity contribution is 6.33. The fourth-order valence-corrected chi connectivity index (χ4v) is 3.71. The molecule has 0 aliphatic heterocycles. The average Bonchev–Trinajstić information content (AvgIpc) is 3.22. The molecule has 3 rings (SSSR count). The van der Waals surface area contributed by atoms with E-state index >= 15 is 0 Å². The zero-order chi connectivity index (χ0) is 20.0. The van der Waals surface area contributed by atoms with Crippen LogP contribution in [0.25, 0.3) is 0 Å². The van der Waals surface area contributed by atoms with E-state index in [-0.39, 0.29) is 10.6 Å². The summed E-state index contributed by atoms with van der Waals surface area (Å²) in [5.74, 6) is -1.60. The molecule has 1 aliphatic carbocycles. The third-order valence-electron chi connectivity index (χ3n) is 4.94. The van der Waals surface area contributed by atoms with Crippen LogP contribution in [0.4, 0.5) is 0 Å². The highest BCUT2D eigenvalue weighted by atomic mass is 35.5. The lowest BCUT2D eigenvalue weighted by Gasteiger charge is -2.27. The number of carbonyl (C=O) groups is 3. The van der Waals surface area contributed by atoms with Gasteiger partial charge in [0.15, 0.2) is 6.61 Å². The predicted molar refractivity (Wildman–Crippen MR) is 105 cm³/mol. The van der Waals surface area contributed by atoms with Gasteiger partial charge in [-0.1, -0.05) is 66.9 Å². The largest absolute Gasteiger partial charge is 0.455 e. The van der Waals surface area contributed by atoms with E-state index < -0.39 is 29.8 Å². The van der Waals surface area contributed by atoms with Crippen molar-refractivity contribution in [3.63, 3.8) is 0 Å². The Bertz CT molecular complexity index is 864. The van der Waals surface area contributed by atoms with Crippen molar-refractivity contribution in [1.29, 1.82) is 0 Å². The summed E-state index contributed by atoms with van der Waals surface area (Å²) in [5.41, 5.74) is 4.93. The molecule has 0 atom stereocenters. The van der Waals surface area contributed by atoms with Crippen LogP contribution in [0.1, 0.15) is 41.6 Å². The molecular formula is C21H21ClN2O4. The molecule has 0 saturated heterocycles. The summed E-state index contributed by atoms with van der Waals surface area (Å²) in [4.78, 5) is 36.8. The number of halogens is 1. The molecule has 1 fully saturated rings. The number of nitrogens with one attached hydrogen (secondary N) is 2. The highest BCUT2D eigenvalue weighted by Crippen LogP contribution is 2.42. The topological polar surface area (TPSA) is 84.5 Å². The van der Waals surface area contributed by atoms with Gasteiger partial charge in [-0.05, 0) is 30.5 Å². The monoisotopic (exact) mass is 400 g/mol. The zero-order valence-electron chi connectivity index (χ0n) is 15.2. The third-order valence-corrected chi connectivity index (χ3v) is 5.27. The maximum absolute atomic E-state index is 12.8. The number of rotatable bonds is 5. The molecule has 7 heteroatoms. The van der Waals surface area contributed by atoms with E-state index in [0.29, 0.717) is 12.8 Å². The van der Waals surface area contributed by atoms with Crippen LogP contribution in [0.5, 0.6) is 0 Å². The van der Waals surface area contributed by atoms with Crippen LogP contribution in [0, 0.1) is 0 Å². The van der Waals surface area contributed by atoms with Gasteiger partial charge >= 0.3 is 5.97 Å². The zero-order valence-corrected chi connectivity index (χ0v) is 16.0. The molecule has 1 aliphatic rings. The Hall–Kier alpha value is -2.86. The second-order valence-corrected chi connectivity index (χ2v) is 7.12. The highest BCUT2D eigenvalue weighted by Gasteiger charge is 2.44. The van der Waals surface area contributed by atoms with Crippen molar-refractivity contribution in [3.8, 4) is 0 Å². The maximum atomic E-state index is 12.8. The first-order chi connectivity index (χ1) is 13.5. The maximum Gasteiger partial charge on any atom is 0.317 e. The molecule has 146 valence electrons. The Morgan fingerprint density at radius 3 is 2.25 bits per heavy atom. The lowest BCUT2D eigenvalue weighted by Crippen LogP contribution is -2.44. The number of carbonyl (C=O) groups excluding carboxylic acids is 3. The number of hydrogen-bond donors (Lipinski definition) is 2. The Morgan fingerprint density at radius 1 is 0.929 bits per heavy atom. The molecule has 2 N–H and O–H groups in total. The number of hydrogen-bond acceptors (Lipinski definition) is 4. The van der Waals surface area contributed by atoms with Gasteiger partial charge in [-0.3, -0.25) is 25.2 Å². The van der Waals surface area contributed by atoms with Crippen molar-refractivity contribution in [1.82, 2.24) is 10.9 Å². The van der Waals surface area contributed by atoms with Crippen molar-refractivity contribution in [2.24, 2.45) is 0 Å². The van der Waals surface area contributed by atoms with E-state index in [0.717, 1.165) is 18.4 Å². The minimum atomic E-state index is -0.706. The lowest BCUT2D eigenvalue weighted by molar-refractivity contribution is -0.154. The third kappa shape index (κ3) is 4.34. The summed E-state index contributed by atoms with van der Waals surface area (Å²) in [6.07, 6.45) is 3.26. The summed E-state index contributed by atoms with van der Waals surface area (Å²) in [6.45, 7) is -0.476. The van der Waals surface area contributed by atoms with E-state index in [2.05, 4.69) is 10.9 Å². The molecule has 28 heavy (non-hydrogen) atoms. The molecule has 2 amide bonds. The van der Waals surface area contributed by atoms with Gasteiger partial charge in [0.05, 0.1) is 16.0 Å². The fourth-order valence-electron chi connectivity index (χ4n) is 3.49. The van der Waals surface area contributed by atoms with Crippen molar-refractivity contribution in [2.75, 3.05) is 6.61 Å². The Morgan fingerprint density at radius 2 is 1.57 bits per heavy atom. The van der Waals surface area contributed by atoms with E-state index in [9.17, 15) is 14.4 Å². The van der Waals surface area contributed by atoms with Crippen LogP contribution >= 0.6 is 11.6 Å². The molecule has 0 bridgehead atoms. The summed E-state index contributed by atoms with van der Waals surface area (Å²) in [6, 6.07) is 16.0. The van der Waals surface area contributed by atoms with Crippen molar-refractivity contribution < 1.29 is 19.1 Å².